The average molecular weight is 605 g/mol. The van der Waals surface area contributed by atoms with Gasteiger partial charge in [0.25, 0.3) is 22.7 Å². The van der Waals surface area contributed by atoms with Gasteiger partial charge in [0.1, 0.15) is 23.5 Å². The second-order valence-electron chi connectivity index (χ2n) is 7.00. The van der Waals surface area contributed by atoms with Crippen LogP contribution in [0.25, 0.3) is 0 Å². The third-order valence-corrected chi connectivity index (χ3v) is 7.52. The Morgan fingerprint density at radius 1 is 0.684 bits per heavy atom. The summed E-state index contributed by atoms with van der Waals surface area (Å²) in [7, 11) is 0.943. The highest BCUT2D eigenvalue weighted by molar-refractivity contribution is 8.87. The molecule has 0 saturated heterocycles. The van der Waals surface area contributed by atoms with Gasteiger partial charge in [-0.3, -0.25) is 50.0 Å². The number of nitrogens with one attached hydrogen (secondary N) is 2. The van der Waals surface area contributed by atoms with Crippen molar-refractivity contribution in [2.45, 2.75) is 12.1 Å². The first-order chi connectivity index (χ1) is 17.9. The van der Waals surface area contributed by atoms with Crippen molar-refractivity contribution in [1.29, 1.82) is 0 Å². The van der Waals surface area contributed by atoms with Crippen LogP contribution in [-0.4, -0.2) is 53.5 Å². The van der Waals surface area contributed by atoms with Crippen molar-refractivity contribution in [3.8, 4) is 0 Å². The zero-order valence-corrected chi connectivity index (χ0v) is 22.0. The number of nitro benzene ring substituents is 4. The number of benzene rings is 2. The standard InChI is InChI=1S/C18H16N6O10S4/c25-17(13(7-35)19-11-3-1-9(21(27)28)5-15(11)23(31)32)37-38-18(26)14(8-36)20-12-4-2-10(22(29)30)6-16(12)24(33)34/h1-6,13-14,19-20,35-36H,7-8H2/t13-,14-/m0/s1. The van der Waals surface area contributed by atoms with Gasteiger partial charge in [-0.2, -0.15) is 25.3 Å². The van der Waals surface area contributed by atoms with Crippen LogP contribution in [0.3, 0.4) is 0 Å². The minimum absolute atomic E-state index is 0.155. The number of hydrogen-bond donors (Lipinski definition) is 4. The summed E-state index contributed by atoms with van der Waals surface area (Å²) < 4.78 is 0. The highest BCUT2D eigenvalue weighted by Gasteiger charge is 2.28. The molecule has 0 aromatic heterocycles. The van der Waals surface area contributed by atoms with E-state index in [1.54, 1.807) is 0 Å². The van der Waals surface area contributed by atoms with Crippen LogP contribution in [0.15, 0.2) is 36.4 Å². The Balaban J connectivity index is 2.11. The van der Waals surface area contributed by atoms with Crippen LogP contribution in [-0.2, 0) is 9.59 Å². The summed E-state index contributed by atoms with van der Waals surface area (Å²) in [4.78, 5) is 66.4. The van der Waals surface area contributed by atoms with E-state index in [4.69, 9.17) is 0 Å². The minimum atomic E-state index is -1.14. The SMILES string of the molecule is O=C(SSC(=O)[C@H](CS)Nc1ccc([N+](=O)[O-])cc1[N+](=O)[O-])[C@H](CS)Nc1ccc([N+](=O)[O-])cc1[N+](=O)[O-]. The van der Waals surface area contributed by atoms with Crippen molar-refractivity contribution in [1.82, 2.24) is 0 Å². The zero-order chi connectivity index (χ0) is 28.6. The summed E-state index contributed by atoms with van der Waals surface area (Å²) in [6, 6.07) is 3.36. The van der Waals surface area contributed by atoms with Gasteiger partial charge in [0, 0.05) is 23.6 Å². The fourth-order valence-corrected chi connectivity index (χ4v) is 5.38. The molecule has 0 aliphatic rings. The van der Waals surface area contributed by atoms with Crippen molar-refractivity contribution in [3.05, 3.63) is 76.9 Å². The van der Waals surface area contributed by atoms with Crippen molar-refractivity contribution in [2.24, 2.45) is 0 Å². The number of rotatable bonds is 12. The Morgan fingerprint density at radius 2 is 1.03 bits per heavy atom. The summed E-state index contributed by atoms with van der Waals surface area (Å²) in [5.74, 6) is -0.310. The molecule has 0 unspecified atom stereocenters. The van der Waals surface area contributed by atoms with E-state index in [2.05, 4.69) is 35.9 Å². The van der Waals surface area contributed by atoms with Gasteiger partial charge in [0.2, 0.25) is 10.2 Å². The van der Waals surface area contributed by atoms with Crippen LogP contribution in [0.2, 0.25) is 0 Å². The molecule has 0 aliphatic carbocycles. The normalized spacial score (nSPS) is 12.2. The third-order valence-electron chi connectivity index (χ3n) is 4.58. The topological polar surface area (TPSA) is 231 Å². The number of carbonyl (C=O) groups excluding carboxylic acids is 2. The number of thiol groups is 2. The molecule has 0 fully saturated rings. The van der Waals surface area contributed by atoms with Crippen LogP contribution in [0.5, 0.6) is 0 Å². The van der Waals surface area contributed by atoms with Gasteiger partial charge in [-0.25, -0.2) is 0 Å². The van der Waals surface area contributed by atoms with E-state index in [0.717, 1.165) is 36.4 Å². The molecule has 202 valence electrons. The second kappa shape index (κ2) is 13.8. The summed E-state index contributed by atoms with van der Waals surface area (Å²) in [5.41, 5.74) is -2.68. The maximum Gasteiger partial charge on any atom is 0.299 e. The average Bonchev–Trinajstić information content (AvgIpc) is 2.88. The van der Waals surface area contributed by atoms with Gasteiger partial charge in [-0.05, 0) is 33.7 Å². The Hall–Kier alpha value is -3.62. The van der Waals surface area contributed by atoms with E-state index in [-0.39, 0.29) is 22.9 Å². The van der Waals surface area contributed by atoms with E-state index in [0.29, 0.717) is 21.6 Å². The second-order valence-corrected chi connectivity index (χ2v) is 9.86. The highest BCUT2D eigenvalue weighted by Crippen LogP contribution is 2.34. The largest absolute Gasteiger partial charge is 0.368 e. The summed E-state index contributed by atoms with van der Waals surface area (Å²) in [6.45, 7) is 0. The van der Waals surface area contributed by atoms with Crippen LogP contribution in [0, 0.1) is 40.5 Å². The van der Waals surface area contributed by atoms with Crippen molar-refractivity contribution in [2.75, 3.05) is 22.1 Å². The molecule has 2 atom stereocenters. The van der Waals surface area contributed by atoms with E-state index in [1.165, 1.54) is 0 Å². The number of non-ortho nitro benzene ring substituents is 2. The molecule has 16 nitrogen and oxygen atoms in total. The molecule has 2 aromatic rings. The maximum absolute atomic E-state index is 12.7. The predicted molar refractivity (Wildman–Crippen MR) is 147 cm³/mol. The molecule has 38 heavy (non-hydrogen) atoms. The molecule has 0 spiro atoms. The highest BCUT2D eigenvalue weighted by atomic mass is 33.1. The number of carbonyl (C=O) groups is 2. The number of anilines is 2. The first-order valence-corrected chi connectivity index (χ1v) is 13.3. The van der Waals surface area contributed by atoms with Crippen LogP contribution < -0.4 is 10.6 Å². The fraction of sp³-hybridized carbons (Fsp3) is 0.222. The smallest absolute Gasteiger partial charge is 0.299 e. The Bertz CT molecular complexity index is 1200. The van der Waals surface area contributed by atoms with E-state index < -0.39 is 64.8 Å². The fourth-order valence-electron chi connectivity index (χ4n) is 2.75. The lowest BCUT2D eigenvalue weighted by Gasteiger charge is -2.18. The van der Waals surface area contributed by atoms with Crippen molar-refractivity contribution < 1.29 is 29.3 Å². The quantitative estimate of drug-likeness (QED) is 0.117. The predicted octanol–water partition coefficient (Wildman–Crippen LogP) is 3.87. The molecule has 2 aromatic carbocycles. The lowest BCUT2D eigenvalue weighted by atomic mass is 10.2. The Kier molecular flexibility index (Phi) is 11.1. The van der Waals surface area contributed by atoms with Crippen LogP contribution in [0.4, 0.5) is 34.1 Å². The summed E-state index contributed by atoms with van der Waals surface area (Å²) in [5, 5.41) is 48.3. The summed E-state index contributed by atoms with van der Waals surface area (Å²) >= 11 is 8.08. The molecular formula is C18H16N6O10S4. The van der Waals surface area contributed by atoms with Gasteiger partial charge in [-0.15, -0.1) is 0 Å². The van der Waals surface area contributed by atoms with E-state index >= 15 is 0 Å². The molecule has 20 heteroatoms. The van der Waals surface area contributed by atoms with Crippen molar-refractivity contribution >= 4 is 91.2 Å². The molecule has 0 heterocycles. The third kappa shape index (κ3) is 7.94. The zero-order valence-electron chi connectivity index (χ0n) is 18.6. The maximum atomic E-state index is 12.7. The monoisotopic (exact) mass is 604 g/mol. The number of nitro groups is 4. The van der Waals surface area contributed by atoms with Crippen molar-refractivity contribution in [3.63, 3.8) is 0 Å². The van der Waals surface area contributed by atoms with E-state index in [1.807, 2.05) is 0 Å². The number of nitrogens with zero attached hydrogens (tertiary/aromatic N) is 4. The van der Waals surface area contributed by atoms with E-state index in [9.17, 15) is 50.0 Å². The molecule has 2 N–H and O–H groups in total. The van der Waals surface area contributed by atoms with Gasteiger partial charge in [0.15, 0.2) is 0 Å². The van der Waals surface area contributed by atoms with Crippen LogP contribution in [0.1, 0.15) is 0 Å². The summed E-state index contributed by atoms with van der Waals surface area (Å²) in [6.07, 6.45) is 0. The molecule has 0 bridgehead atoms. The molecule has 0 aliphatic heterocycles. The first-order valence-electron chi connectivity index (χ1n) is 9.92. The van der Waals surface area contributed by atoms with Crippen LogP contribution >= 0.6 is 46.8 Å². The Labute approximate surface area is 231 Å². The lowest BCUT2D eigenvalue weighted by Crippen LogP contribution is -2.31. The van der Waals surface area contributed by atoms with Gasteiger partial charge >= 0.3 is 0 Å². The molecule has 0 radical (unpaired) electrons. The molecular weight excluding hydrogens is 588 g/mol. The molecule has 0 amide bonds. The molecule has 2 rings (SSSR count). The minimum Gasteiger partial charge on any atom is -0.368 e. The Morgan fingerprint density at radius 3 is 1.29 bits per heavy atom. The van der Waals surface area contributed by atoms with Gasteiger partial charge < -0.3 is 10.6 Å². The molecule has 0 saturated carbocycles. The lowest BCUT2D eigenvalue weighted by molar-refractivity contribution is -0.393. The first kappa shape index (κ1) is 30.6. The van der Waals surface area contributed by atoms with Gasteiger partial charge in [0.05, 0.1) is 31.8 Å². The van der Waals surface area contributed by atoms with Gasteiger partial charge in [-0.1, -0.05) is 0 Å². The number of hydrogen-bond acceptors (Lipinski definition) is 16.